The average Bonchev–Trinajstić information content (AvgIpc) is 3.33. The molecule has 0 saturated carbocycles. The Morgan fingerprint density at radius 3 is 2.73 bits per heavy atom. The van der Waals surface area contributed by atoms with Crippen molar-refractivity contribution in [1.82, 2.24) is 25.5 Å². The molecule has 9 heteroatoms. The van der Waals surface area contributed by atoms with Crippen LogP contribution in [0.4, 0.5) is 0 Å². The largest absolute Gasteiger partial charge is 0.497 e. The second kappa shape index (κ2) is 10.6. The zero-order valence-electron chi connectivity index (χ0n) is 19.4. The van der Waals surface area contributed by atoms with Crippen molar-refractivity contribution in [3.8, 4) is 5.75 Å². The van der Waals surface area contributed by atoms with E-state index < -0.39 is 6.04 Å². The van der Waals surface area contributed by atoms with Crippen LogP contribution >= 0.6 is 11.8 Å². The van der Waals surface area contributed by atoms with E-state index in [1.165, 1.54) is 5.69 Å². The van der Waals surface area contributed by atoms with Gasteiger partial charge in [-0.3, -0.25) is 9.59 Å². The van der Waals surface area contributed by atoms with Gasteiger partial charge in [0.15, 0.2) is 0 Å². The van der Waals surface area contributed by atoms with Crippen LogP contribution in [0.5, 0.6) is 5.75 Å². The van der Waals surface area contributed by atoms with Crippen molar-refractivity contribution in [2.45, 2.75) is 43.7 Å². The monoisotopic (exact) mass is 471 g/mol. The first kappa shape index (κ1) is 23.6. The number of imidazole rings is 1. The molecule has 2 aliphatic rings. The molecular formula is C24H33N5O3S. The van der Waals surface area contributed by atoms with Crippen LogP contribution in [0.25, 0.3) is 0 Å². The molecule has 3 N–H and O–H groups in total. The summed E-state index contributed by atoms with van der Waals surface area (Å²) in [6.07, 6.45) is 7.25. The molecular weight excluding hydrogens is 438 g/mol. The van der Waals surface area contributed by atoms with Crippen molar-refractivity contribution in [2.24, 2.45) is 0 Å². The van der Waals surface area contributed by atoms with Crippen LogP contribution in [0.15, 0.2) is 30.6 Å². The van der Waals surface area contributed by atoms with Gasteiger partial charge in [0.25, 0.3) is 0 Å². The van der Waals surface area contributed by atoms with Crippen molar-refractivity contribution in [2.75, 3.05) is 38.8 Å². The number of benzene rings is 1. The lowest BCUT2D eigenvalue weighted by atomic mass is 9.80. The molecule has 8 nitrogen and oxygen atoms in total. The number of aromatic amines is 1. The zero-order valence-corrected chi connectivity index (χ0v) is 20.2. The molecule has 2 amide bonds. The van der Waals surface area contributed by atoms with Gasteiger partial charge in [0.1, 0.15) is 11.8 Å². The molecule has 1 aromatic carbocycles. The Kier molecular flexibility index (Phi) is 7.60. The van der Waals surface area contributed by atoms with Crippen molar-refractivity contribution in [3.05, 3.63) is 47.5 Å². The first-order chi connectivity index (χ1) is 16.0. The molecule has 1 aromatic heterocycles. The summed E-state index contributed by atoms with van der Waals surface area (Å²) in [4.78, 5) is 35.9. The fraction of sp³-hybridized carbons (Fsp3) is 0.542. The molecule has 0 radical (unpaired) electrons. The standard InChI is InChI=1S/C24H33N5O3S/c1-32-18-5-3-17(4-6-18)15-21(30)28-20(8-14-33-2)23(31)29-12-9-24(10-13-29)22-19(7-11-27-24)25-16-26-22/h3-6,16,20,27H,7-15H2,1-2H3,(H,25,26)(H,28,30)/t20-/m0/s1. The number of ether oxygens (including phenoxy) is 1. The number of hydrogen-bond donors (Lipinski definition) is 3. The van der Waals surface area contributed by atoms with E-state index in [0.717, 1.165) is 48.6 Å². The van der Waals surface area contributed by atoms with Crippen molar-refractivity contribution in [3.63, 3.8) is 0 Å². The first-order valence-electron chi connectivity index (χ1n) is 11.5. The maximum absolute atomic E-state index is 13.4. The van der Waals surface area contributed by atoms with E-state index in [2.05, 4.69) is 20.6 Å². The van der Waals surface area contributed by atoms with Crippen LogP contribution < -0.4 is 15.4 Å². The van der Waals surface area contributed by atoms with Gasteiger partial charge in [0, 0.05) is 31.7 Å². The van der Waals surface area contributed by atoms with Gasteiger partial charge in [-0.25, -0.2) is 4.98 Å². The summed E-state index contributed by atoms with van der Waals surface area (Å²) in [5, 5.41) is 6.67. The Balaban J connectivity index is 1.37. The van der Waals surface area contributed by atoms with Crippen molar-refractivity contribution < 1.29 is 14.3 Å². The highest BCUT2D eigenvalue weighted by Crippen LogP contribution is 2.36. The molecule has 1 atom stereocenters. The molecule has 0 bridgehead atoms. The van der Waals surface area contributed by atoms with Crippen LogP contribution in [0.3, 0.4) is 0 Å². The van der Waals surface area contributed by atoms with Crippen LogP contribution in [-0.4, -0.2) is 71.5 Å². The number of thioether (sulfide) groups is 1. The van der Waals surface area contributed by atoms with Gasteiger partial charge in [0.2, 0.25) is 11.8 Å². The number of fused-ring (bicyclic) bond motifs is 2. The summed E-state index contributed by atoms with van der Waals surface area (Å²) in [5.74, 6) is 1.45. The maximum Gasteiger partial charge on any atom is 0.245 e. The number of carbonyl (C=O) groups is 2. The minimum Gasteiger partial charge on any atom is -0.497 e. The summed E-state index contributed by atoms with van der Waals surface area (Å²) in [6, 6.07) is 6.93. The van der Waals surface area contributed by atoms with E-state index in [1.807, 2.05) is 35.4 Å². The molecule has 1 fully saturated rings. The first-order valence-corrected chi connectivity index (χ1v) is 12.9. The molecule has 33 heavy (non-hydrogen) atoms. The molecule has 1 saturated heterocycles. The number of rotatable bonds is 8. The minimum atomic E-state index is -0.502. The summed E-state index contributed by atoms with van der Waals surface area (Å²) in [6.45, 7) is 2.23. The molecule has 178 valence electrons. The van der Waals surface area contributed by atoms with Gasteiger partial charge in [-0.1, -0.05) is 12.1 Å². The molecule has 0 unspecified atom stereocenters. The van der Waals surface area contributed by atoms with Gasteiger partial charge >= 0.3 is 0 Å². The van der Waals surface area contributed by atoms with E-state index in [4.69, 9.17) is 4.74 Å². The number of likely N-dealkylation sites (tertiary alicyclic amines) is 1. The number of methoxy groups -OCH3 is 1. The van der Waals surface area contributed by atoms with Gasteiger partial charge in [-0.05, 0) is 49.0 Å². The fourth-order valence-electron chi connectivity index (χ4n) is 4.84. The Labute approximate surface area is 199 Å². The minimum absolute atomic E-state index is 0.0139. The Morgan fingerprint density at radius 2 is 2.03 bits per heavy atom. The van der Waals surface area contributed by atoms with Gasteiger partial charge in [-0.2, -0.15) is 11.8 Å². The number of carbonyl (C=O) groups excluding carboxylic acids is 2. The van der Waals surface area contributed by atoms with E-state index in [1.54, 1.807) is 25.2 Å². The Morgan fingerprint density at radius 1 is 1.27 bits per heavy atom. The maximum atomic E-state index is 13.4. The number of nitrogens with zero attached hydrogens (tertiary/aromatic N) is 2. The summed E-state index contributed by atoms with van der Waals surface area (Å²) < 4.78 is 5.17. The molecule has 0 aliphatic carbocycles. The molecule has 1 spiro atoms. The Bertz CT molecular complexity index is 953. The van der Waals surface area contributed by atoms with E-state index in [-0.39, 0.29) is 23.8 Å². The van der Waals surface area contributed by atoms with Crippen molar-refractivity contribution >= 4 is 23.6 Å². The predicted molar refractivity (Wildman–Crippen MR) is 129 cm³/mol. The number of piperidine rings is 1. The summed E-state index contributed by atoms with van der Waals surface area (Å²) >= 11 is 1.68. The average molecular weight is 472 g/mol. The summed E-state index contributed by atoms with van der Waals surface area (Å²) in [7, 11) is 1.62. The normalized spacial score (nSPS) is 17.9. The van der Waals surface area contributed by atoms with Crippen molar-refractivity contribution in [1.29, 1.82) is 0 Å². The quantitative estimate of drug-likeness (QED) is 0.544. The highest BCUT2D eigenvalue weighted by atomic mass is 32.2. The number of amides is 2. The SMILES string of the molecule is COc1ccc(CC(=O)N[C@@H](CCSC)C(=O)N2CCC3(CC2)NCCc2[nH]cnc23)cc1. The topological polar surface area (TPSA) is 99.4 Å². The number of hydrogen-bond acceptors (Lipinski definition) is 6. The van der Waals surface area contributed by atoms with Crippen LogP contribution in [0.1, 0.15) is 36.2 Å². The third-order valence-electron chi connectivity index (χ3n) is 6.71. The highest BCUT2D eigenvalue weighted by molar-refractivity contribution is 7.98. The van der Waals surface area contributed by atoms with Gasteiger partial charge < -0.3 is 25.3 Å². The lowest BCUT2D eigenvalue weighted by Crippen LogP contribution is -2.58. The van der Waals surface area contributed by atoms with Gasteiger partial charge in [-0.15, -0.1) is 0 Å². The second-order valence-electron chi connectivity index (χ2n) is 8.74. The number of H-pyrrole nitrogens is 1. The predicted octanol–water partition coefficient (Wildman–Crippen LogP) is 1.86. The van der Waals surface area contributed by atoms with Crippen LogP contribution in [0.2, 0.25) is 0 Å². The molecule has 2 aliphatic heterocycles. The third-order valence-corrected chi connectivity index (χ3v) is 7.35. The highest BCUT2D eigenvalue weighted by Gasteiger charge is 2.42. The molecule has 4 rings (SSSR count). The zero-order chi connectivity index (χ0) is 23.3. The Hall–Kier alpha value is -2.52. The van der Waals surface area contributed by atoms with Crippen LogP contribution in [0, 0.1) is 0 Å². The summed E-state index contributed by atoms with van der Waals surface area (Å²) in [5.41, 5.74) is 3.05. The lowest BCUT2D eigenvalue weighted by Gasteiger charge is -2.44. The lowest BCUT2D eigenvalue weighted by molar-refractivity contribution is -0.138. The van der Waals surface area contributed by atoms with E-state index in [0.29, 0.717) is 19.5 Å². The second-order valence-corrected chi connectivity index (χ2v) is 9.73. The number of aromatic nitrogens is 2. The van der Waals surface area contributed by atoms with Crippen LogP contribution in [-0.2, 0) is 28.0 Å². The number of nitrogens with one attached hydrogen (secondary N) is 3. The fourth-order valence-corrected chi connectivity index (χ4v) is 5.32. The molecule has 3 heterocycles. The van der Waals surface area contributed by atoms with E-state index in [9.17, 15) is 9.59 Å². The third kappa shape index (κ3) is 5.35. The van der Waals surface area contributed by atoms with E-state index >= 15 is 0 Å². The smallest absolute Gasteiger partial charge is 0.245 e. The van der Waals surface area contributed by atoms with Gasteiger partial charge in [0.05, 0.1) is 31.1 Å². The molecule has 2 aromatic rings.